The molecule has 168 valence electrons. The van der Waals surface area contributed by atoms with Gasteiger partial charge in [-0.05, 0) is 55.8 Å². The Kier molecular flexibility index (Phi) is 5.20. The van der Waals surface area contributed by atoms with Crippen molar-refractivity contribution >= 4 is 23.0 Å². The molecule has 0 spiro atoms. The number of alkyl halides is 3. The summed E-state index contributed by atoms with van der Waals surface area (Å²) in [5, 5.41) is 19.0. The molecule has 3 aromatic rings. The minimum atomic E-state index is -4.67. The van der Waals surface area contributed by atoms with Crippen LogP contribution < -0.4 is 9.80 Å². The average molecular weight is 456 g/mol. The van der Waals surface area contributed by atoms with Gasteiger partial charge in [0.2, 0.25) is 5.88 Å². The van der Waals surface area contributed by atoms with E-state index in [9.17, 15) is 32.7 Å². The van der Waals surface area contributed by atoms with Crippen molar-refractivity contribution in [3.63, 3.8) is 0 Å². The van der Waals surface area contributed by atoms with Crippen LogP contribution in [0, 0.1) is 31.0 Å². The van der Waals surface area contributed by atoms with Gasteiger partial charge in [0.05, 0.1) is 33.8 Å². The van der Waals surface area contributed by atoms with Gasteiger partial charge in [0.1, 0.15) is 18.6 Å². The summed E-state index contributed by atoms with van der Waals surface area (Å²) in [4.78, 5) is 20.0. The molecule has 33 heavy (non-hydrogen) atoms. The topological polar surface area (TPSA) is 80.5 Å². The van der Waals surface area contributed by atoms with Gasteiger partial charge in [-0.2, -0.15) is 18.4 Å². The highest BCUT2D eigenvalue weighted by atomic mass is 19.4. The molecule has 0 bridgehead atoms. The van der Waals surface area contributed by atoms with Crippen LogP contribution in [0.15, 0.2) is 42.5 Å². The molecule has 1 N–H and O–H groups in total. The van der Waals surface area contributed by atoms with Crippen molar-refractivity contribution in [1.29, 1.82) is 5.26 Å². The van der Waals surface area contributed by atoms with Crippen LogP contribution in [-0.4, -0.2) is 22.7 Å². The first-order valence-electron chi connectivity index (χ1n) is 9.69. The maximum Gasteiger partial charge on any atom is 0.416 e. The number of benzene rings is 2. The third-order valence-electron chi connectivity index (χ3n) is 5.50. The first-order chi connectivity index (χ1) is 15.5. The number of hydrogen-bond acceptors (Lipinski definition) is 5. The summed E-state index contributed by atoms with van der Waals surface area (Å²) >= 11 is 0. The Balaban J connectivity index is 1.95. The number of pyridine rings is 1. The first-order valence-corrected chi connectivity index (χ1v) is 9.69. The Morgan fingerprint density at radius 3 is 2.33 bits per heavy atom. The van der Waals surface area contributed by atoms with E-state index in [1.165, 1.54) is 36.1 Å². The summed E-state index contributed by atoms with van der Waals surface area (Å²) in [7, 11) is 0. The highest BCUT2D eigenvalue weighted by Crippen LogP contribution is 2.41. The summed E-state index contributed by atoms with van der Waals surface area (Å²) in [6, 6.07) is 9.81. The van der Waals surface area contributed by atoms with E-state index in [4.69, 9.17) is 0 Å². The number of halogens is 4. The Morgan fingerprint density at radius 1 is 1.03 bits per heavy atom. The average Bonchev–Trinajstić information content (AvgIpc) is 2.75. The van der Waals surface area contributed by atoms with Gasteiger partial charge >= 0.3 is 6.18 Å². The second-order valence-electron chi connectivity index (χ2n) is 7.48. The lowest BCUT2D eigenvalue weighted by atomic mass is 10.0. The molecule has 0 radical (unpaired) electrons. The fourth-order valence-corrected chi connectivity index (χ4v) is 3.86. The zero-order chi connectivity index (χ0) is 24.1. The molecule has 0 fully saturated rings. The number of amides is 1. The van der Waals surface area contributed by atoms with Crippen LogP contribution in [0.4, 0.5) is 34.6 Å². The molecule has 0 saturated carbocycles. The van der Waals surface area contributed by atoms with Crippen molar-refractivity contribution in [2.45, 2.75) is 20.0 Å². The molecule has 10 heteroatoms. The molecule has 0 saturated heterocycles. The van der Waals surface area contributed by atoms with Gasteiger partial charge in [-0.25, -0.2) is 9.37 Å². The van der Waals surface area contributed by atoms with E-state index in [2.05, 4.69) is 4.98 Å². The number of fused-ring (bicyclic) bond motifs is 1. The molecule has 2 aromatic carbocycles. The highest BCUT2D eigenvalue weighted by molar-refractivity contribution is 6.13. The van der Waals surface area contributed by atoms with Crippen molar-refractivity contribution in [2.24, 2.45) is 0 Å². The van der Waals surface area contributed by atoms with E-state index in [1.807, 2.05) is 0 Å². The molecule has 1 aliphatic rings. The monoisotopic (exact) mass is 456 g/mol. The summed E-state index contributed by atoms with van der Waals surface area (Å²) in [6.45, 7) is 2.93. The normalized spacial score (nSPS) is 13.7. The largest absolute Gasteiger partial charge is 0.493 e. The van der Waals surface area contributed by atoms with Crippen molar-refractivity contribution in [3.8, 4) is 11.9 Å². The molecule has 0 atom stereocenters. The van der Waals surface area contributed by atoms with Gasteiger partial charge < -0.3 is 10.0 Å². The van der Waals surface area contributed by atoms with Gasteiger partial charge in [-0.15, -0.1) is 0 Å². The van der Waals surface area contributed by atoms with Crippen LogP contribution in [-0.2, 0) is 6.18 Å². The number of rotatable bonds is 2. The van der Waals surface area contributed by atoms with Crippen LogP contribution in [0.1, 0.15) is 32.7 Å². The van der Waals surface area contributed by atoms with E-state index >= 15 is 0 Å². The number of aromatic hydroxyl groups is 1. The number of carbonyl (C=O) groups excluding carboxylic acids is 1. The summed E-state index contributed by atoms with van der Waals surface area (Å²) in [5.41, 5.74) is -0.0251. The second kappa shape index (κ2) is 7.78. The molecule has 2 heterocycles. The number of aryl methyl sites for hydroxylation is 1. The van der Waals surface area contributed by atoms with Crippen molar-refractivity contribution in [2.75, 3.05) is 16.5 Å². The maximum absolute atomic E-state index is 14.1. The molecule has 6 nitrogen and oxygen atoms in total. The number of carbonyl (C=O) groups is 1. The number of hydrogen-bond donors (Lipinski definition) is 1. The van der Waals surface area contributed by atoms with Crippen LogP contribution >= 0.6 is 0 Å². The van der Waals surface area contributed by atoms with Gasteiger partial charge in [0.15, 0.2) is 0 Å². The molecule has 0 unspecified atom stereocenters. The Hall–Kier alpha value is -4.13. The molecule has 1 amide bonds. The number of nitriles is 1. The highest BCUT2D eigenvalue weighted by Gasteiger charge is 2.37. The van der Waals surface area contributed by atoms with Crippen LogP contribution in [0.3, 0.4) is 0 Å². The molecular weight excluding hydrogens is 440 g/mol. The molecule has 1 aromatic heterocycles. The number of anilines is 3. The van der Waals surface area contributed by atoms with E-state index in [0.717, 1.165) is 18.2 Å². The van der Waals surface area contributed by atoms with Crippen LogP contribution in [0.5, 0.6) is 5.88 Å². The third kappa shape index (κ3) is 3.71. The fourth-order valence-electron chi connectivity index (χ4n) is 3.86. The molecule has 4 rings (SSSR count). The predicted molar refractivity (Wildman–Crippen MR) is 112 cm³/mol. The Morgan fingerprint density at radius 2 is 1.70 bits per heavy atom. The minimum Gasteiger partial charge on any atom is -0.493 e. The number of nitrogens with zero attached hydrogens (tertiary/aromatic N) is 4. The van der Waals surface area contributed by atoms with Crippen molar-refractivity contribution in [1.82, 2.24) is 4.98 Å². The first kappa shape index (κ1) is 22.1. The van der Waals surface area contributed by atoms with Gasteiger partial charge in [0, 0.05) is 11.8 Å². The maximum atomic E-state index is 14.1. The van der Waals surface area contributed by atoms with Crippen LogP contribution in [0.25, 0.3) is 0 Å². The molecular formula is C23H16F4N4O2. The smallest absolute Gasteiger partial charge is 0.416 e. The van der Waals surface area contributed by atoms with Gasteiger partial charge in [-0.3, -0.25) is 9.69 Å². The third-order valence-corrected chi connectivity index (χ3v) is 5.50. The SMILES string of the molecule is Cc1nc(O)ccc1N1CN(c2ccc(F)c(C#N)c2C)c2ccc(C(F)(F)F)cc2C1=O. The second-order valence-corrected chi connectivity index (χ2v) is 7.48. The lowest BCUT2D eigenvalue weighted by Crippen LogP contribution is -2.45. The van der Waals surface area contributed by atoms with Crippen molar-refractivity contribution < 1.29 is 27.5 Å². The van der Waals surface area contributed by atoms with Crippen LogP contribution in [0.2, 0.25) is 0 Å². The van der Waals surface area contributed by atoms with E-state index < -0.39 is 23.5 Å². The number of aromatic nitrogens is 1. The molecule has 1 aliphatic heterocycles. The lowest BCUT2D eigenvalue weighted by Gasteiger charge is -2.39. The molecule has 0 aliphatic carbocycles. The zero-order valence-corrected chi connectivity index (χ0v) is 17.4. The van der Waals surface area contributed by atoms with E-state index in [1.54, 1.807) is 17.9 Å². The summed E-state index contributed by atoms with van der Waals surface area (Å²) in [5.74, 6) is -1.69. The Labute approximate surface area is 185 Å². The summed E-state index contributed by atoms with van der Waals surface area (Å²) < 4.78 is 54.3. The lowest BCUT2D eigenvalue weighted by molar-refractivity contribution is -0.137. The Bertz CT molecular complexity index is 1330. The zero-order valence-electron chi connectivity index (χ0n) is 17.4. The van der Waals surface area contributed by atoms with Gasteiger partial charge in [-0.1, -0.05) is 0 Å². The predicted octanol–water partition coefficient (Wildman–Crippen LogP) is 5.19. The minimum absolute atomic E-state index is 0.137. The van der Waals surface area contributed by atoms with E-state index in [0.29, 0.717) is 5.69 Å². The summed E-state index contributed by atoms with van der Waals surface area (Å²) in [6.07, 6.45) is -4.67. The fraction of sp³-hybridized carbons (Fsp3) is 0.174. The van der Waals surface area contributed by atoms with Crippen molar-refractivity contribution in [3.05, 3.63) is 76.2 Å². The van der Waals surface area contributed by atoms with E-state index in [-0.39, 0.29) is 46.3 Å². The standard InChI is InChI=1S/C23H16F4N4O2/c1-12-16(10-28)17(24)4-6-18(12)30-11-31(19-7-8-21(32)29-13(19)2)22(33)15-9-14(23(25,26)27)3-5-20(15)30/h3-9H,11H2,1-2H3,(H,29,32). The van der Waals surface area contributed by atoms with Gasteiger partial charge in [0.25, 0.3) is 5.91 Å². The quantitative estimate of drug-likeness (QED) is 0.537.